The standard InChI is InChI=1S/C21H26N2O3/c1-16(2)10-13-26-19-6-4-18(14-20(19)25-3)15-23-21(24)7-5-17-8-11-22-12-9-17/h4-9,11-12,14,16H,10,13,15H2,1-3H3,(H,23,24)/b7-5+. The number of amides is 1. The van der Waals surface area contributed by atoms with Gasteiger partial charge in [-0.25, -0.2) is 0 Å². The fourth-order valence-electron chi connectivity index (χ4n) is 2.24. The van der Waals surface area contributed by atoms with E-state index in [9.17, 15) is 4.79 Å². The maximum atomic E-state index is 11.9. The number of ether oxygens (including phenoxy) is 2. The molecule has 5 heteroatoms. The predicted molar refractivity (Wildman–Crippen MR) is 103 cm³/mol. The van der Waals surface area contributed by atoms with Crippen LogP contribution in [0.3, 0.4) is 0 Å². The zero-order valence-electron chi connectivity index (χ0n) is 15.6. The van der Waals surface area contributed by atoms with Gasteiger partial charge in [-0.3, -0.25) is 9.78 Å². The number of aromatic nitrogens is 1. The van der Waals surface area contributed by atoms with Crippen molar-refractivity contribution in [3.8, 4) is 11.5 Å². The smallest absolute Gasteiger partial charge is 0.244 e. The molecular formula is C21H26N2O3. The molecule has 2 aromatic rings. The molecule has 5 nitrogen and oxygen atoms in total. The molecule has 0 spiro atoms. The van der Waals surface area contributed by atoms with E-state index in [0.29, 0.717) is 24.8 Å². The first-order chi connectivity index (χ1) is 12.6. The maximum Gasteiger partial charge on any atom is 0.244 e. The molecule has 26 heavy (non-hydrogen) atoms. The molecule has 0 aliphatic heterocycles. The van der Waals surface area contributed by atoms with Crippen molar-refractivity contribution in [2.24, 2.45) is 5.92 Å². The highest BCUT2D eigenvalue weighted by molar-refractivity contribution is 5.91. The first kappa shape index (κ1) is 19.5. The van der Waals surface area contributed by atoms with Crippen LogP contribution in [0.2, 0.25) is 0 Å². The summed E-state index contributed by atoms with van der Waals surface area (Å²) >= 11 is 0. The minimum absolute atomic E-state index is 0.155. The van der Waals surface area contributed by atoms with E-state index >= 15 is 0 Å². The van der Waals surface area contributed by atoms with Gasteiger partial charge in [0.1, 0.15) is 0 Å². The monoisotopic (exact) mass is 354 g/mol. The van der Waals surface area contributed by atoms with Crippen molar-refractivity contribution in [2.45, 2.75) is 26.8 Å². The molecule has 0 bridgehead atoms. The van der Waals surface area contributed by atoms with Gasteiger partial charge in [0.05, 0.1) is 13.7 Å². The second kappa shape index (κ2) is 10.2. The zero-order valence-corrected chi connectivity index (χ0v) is 15.6. The summed E-state index contributed by atoms with van der Waals surface area (Å²) in [6.07, 6.45) is 7.63. The summed E-state index contributed by atoms with van der Waals surface area (Å²) in [4.78, 5) is 15.9. The van der Waals surface area contributed by atoms with Gasteiger partial charge in [-0.2, -0.15) is 0 Å². The summed E-state index contributed by atoms with van der Waals surface area (Å²) in [7, 11) is 1.62. The van der Waals surface area contributed by atoms with Crippen molar-refractivity contribution < 1.29 is 14.3 Å². The van der Waals surface area contributed by atoms with Gasteiger partial charge >= 0.3 is 0 Å². The molecule has 1 aromatic carbocycles. The van der Waals surface area contributed by atoms with Crippen molar-refractivity contribution in [3.63, 3.8) is 0 Å². The largest absolute Gasteiger partial charge is 0.493 e. The Balaban J connectivity index is 1.88. The summed E-state index contributed by atoms with van der Waals surface area (Å²) in [5.74, 6) is 1.84. The highest BCUT2D eigenvalue weighted by Gasteiger charge is 2.07. The Morgan fingerprint density at radius 3 is 2.65 bits per heavy atom. The summed E-state index contributed by atoms with van der Waals surface area (Å²) < 4.78 is 11.2. The van der Waals surface area contributed by atoms with Crippen molar-refractivity contribution in [2.75, 3.05) is 13.7 Å². The fourth-order valence-corrected chi connectivity index (χ4v) is 2.24. The number of benzene rings is 1. The molecule has 138 valence electrons. The molecule has 0 aliphatic carbocycles. The molecule has 0 saturated carbocycles. The SMILES string of the molecule is COc1cc(CNC(=O)/C=C/c2ccncc2)ccc1OCCC(C)C. The van der Waals surface area contributed by atoms with Gasteiger partial charge in [0.25, 0.3) is 0 Å². The minimum Gasteiger partial charge on any atom is -0.493 e. The van der Waals surface area contributed by atoms with Crippen LogP contribution < -0.4 is 14.8 Å². The second-order valence-corrected chi connectivity index (χ2v) is 6.35. The van der Waals surface area contributed by atoms with Gasteiger partial charge in [0, 0.05) is 25.0 Å². The lowest BCUT2D eigenvalue weighted by molar-refractivity contribution is -0.116. The Morgan fingerprint density at radius 1 is 1.19 bits per heavy atom. The summed E-state index contributed by atoms with van der Waals surface area (Å²) in [5.41, 5.74) is 1.88. The number of hydrogen-bond acceptors (Lipinski definition) is 4. The number of hydrogen-bond donors (Lipinski definition) is 1. The molecule has 0 aliphatic rings. The van der Waals surface area contributed by atoms with Crippen molar-refractivity contribution in [1.82, 2.24) is 10.3 Å². The van der Waals surface area contributed by atoms with Crippen LogP contribution in [0.5, 0.6) is 11.5 Å². The fraction of sp³-hybridized carbons (Fsp3) is 0.333. The third-order valence-corrected chi connectivity index (χ3v) is 3.78. The maximum absolute atomic E-state index is 11.9. The second-order valence-electron chi connectivity index (χ2n) is 6.35. The number of rotatable bonds is 9. The zero-order chi connectivity index (χ0) is 18.8. The topological polar surface area (TPSA) is 60.5 Å². The van der Waals surface area contributed by atoms with Gasteiger partial charge in [-0.05, 0) is 53.8 Å². The van der Waals surface area contributed by atoms with Crippen LogP contribution in [-0.2, 0) is 11.3 Å². The number of pyridine rings is 1. The van der Waals surface area contributed by atoms with Crippen LogP contribution in [0.1, 0.15) is 31.4 Å². The van der Waals surface area contributed by atoms with Crippen molar-refractivity contribution >= 4 is 12.0 Å². The van der Waals surface area contributed by atoms with E-state index in [2.05, 4.69) is 24.1 Å². The van der Waals surface area contributed by atoms with Crippen LogP contribution in [0.25, 0.3) is 6.08 Å². The highest BCUT2D eigenvalue weighted by Crippen LogP contribution is 2.28. The Hall–Kier alpha value is -2.82. The van der Waals surface area contributed by atoms with Crippen LogP contribution in [-0.4, -0.2) is 24.6 Å². The lowest BCUT2D eigenvalue weighted by Crippen LogP contribution is -2.20. The quantitative estimate of drug-likeness (QED) is 0.695. The lowest BCUT2D eigenvalue weighted by atomic mass is 10.1. The Labute approximate surface area is 155 Å². The summed E-state index contributed by atoms with van der Waals surface area (Å²) in [6.45, 7) is 5.40. The average molecular weight is 354 g/mol. The average Bonchev–Trinajstić information content (AvgIpc) is 2.65. The lowest BCUT2D eigenvalue weighted by Gasteiger charge is -2.13. The van der Waals surface area contributed by atoms with Gasteiger partial charge in [0.2, 0.25) is 5.91 Å². The van der Waals surface area contributed by atoms with E-state index < -0.39 is 0 Å². The Morgan fingerprint density at radius 2 is 1.96 bits per heavy atom. The molecule has 1 heterocycles. The highest BCUT2D eigenvalue weighted by atomic mass is 16.5. The first-order valence-corrected chi connectivity index (χ1v) is 8.74. The molecule has 2 rings (SSSR count). The van der Waals surface area contributed by atoms with E-state index in [4.69, 9.17) is 9.47 Å². The molecule has 0 fully saturated rings. The molecule has 0 saturated heterocycles. The third-order valence-electron chi connectivity index (χ3n) is 3.78. The number of carbonyl (C=O) groups is 1. The van der Waals surface area contributed by atoms with E-state index in [1.54, 1.807) is 25.6 Å². The molecular weight excluding hydrogens is 328 g/mol. The number of nitrogens with one attached hydrogen (secondary N) is 1. The van der Waals surface area contributed by atoms with Crippen LogP contribution in [0.15, 0.2) is 48.8 Å². The number of carbonyl (C=O) groups excluding carboxylic acids is 1. The number of methoxy groups -OCH3 is 1. The Bertz CT molecular complexity index is 727. The van der Waals surface area contributed by atoms with Crippen LogP contribution in [0, 0.1) is 5.92 Å². The Kier molecular flexibility index (Phi) is 7.68. The van der Waals surface area contributed by atoms with Crippen molar-refractivity contribution in [1.29, 1.82) is 0 Å². The van der Waals surface area contributed by atoms with E-state index in [0.717, 1.165) is 23.3 Å². The molecule has 1 amide bonds. The van der Waals surface area contributed by atoms with Gasteiger partial charge < -0.3 is 14.8 Å². The van der Waals surface area contributed by atoms with E-state index in [1.165, 1.54) is 6.08 Å². The van der Waals surface area contributed by atoms with Gasteiger partial charge in [0.15, 0.2) is 11.5 Å². The van der Waals surface area contributed by atoms with Gasteiger partial charge in [-0.1, -0.05) is 19.9 Å². The van der Waals surface area contributed by atoms with Crippen LogP contribution in [0.4, 0.5) is 0 Å². The molecule has 0 radical (unpaired) electrons. The third kappa shape index (κ3) is 6.59. The van der Waals surface area contributed by atoms with E-state index in [-0.39, 0.29) is 5.91 Å². The van der Waals surface area contributed by atoms with E-state index in [1.807, 2.05) is 30.3 Å². The molecule has 0 unspecified atom stereocenters. The molecule has 1 aromatic heterocycles. The van der Waals surface area contributed by atoms with Gasteiger partial charge in [-0.15, -0.1) is 0 Å². The summed E-state index contributed by atoms with van der Waals surface area (Å²) in [6, 6.07) is 9.38. The molecule has 1 N–H and O–H groups in total. The summed E-state index contributed by atoms with van der Waals surface area (Å²) in [5, 5.41) is 2.86. The number of nitrogens with zero attached hydrogens (tertiary/aromatic N) is 1. The van der Waals surface area contributed by atoms with Crippen molar-refractivity contribution in [3.05, 3.63) is 59.9 Å². The minimum atomic E-state index is -0.155. The van der Waals surface area contributed by atoms with Crippen LogP contribution >= 0.6 is 0 Å². The molecule has 0 atom stereocenters. The predicted octanol–water partition coefficient (Wildman–Crippen LogP) is 3.84. The first-order valence-electron chi connectivity index (χ1n) is 8.74. The normalized spacial score (nSPS) is 10.9.